The van der Waals surface area contributed by atoms with Crippen molar-refractivity contribution in [1.29, 1.82) is 0 Å². The summed E-state index contributed by atoms with van der Waals surface area (Å²) in [4.78, 5) is 10.9. The Labute approximate surface area is 98.7 Å². The molecular weight excluding hydrogens is 203 g/mol. The van der Waals surface area contributed by atoms with Gasteiger partial charge in [0.05, 0.1) is 5.56 Å². The molecule has 0 amide bonds. The van der Waals surface area contributed by atoms with Gasteiger partial charge in [-0.2, -0.15) is 0 Å². The summed E-state index contributed by atoms with van der Waals surface area (Å²) >= 11 is 0. The Bertz CT molecular complexity index is 506. The van der Waals surface area contributed by atoms with E-state index in [-0.39, 0.29) is 17.4 Å². The molecule has 0 aliphatic heterocycles. The minimum atomic E-state index is -0.876. The number of carboxylic acids is 1. The first-order valence-corrected chi connectivity index (χ1v) is 4.41. The summed E-state index contributed by atoms with van der Waals surface area (Å²) in [6.07, 6.45) is 0. The lowest BCUT2D eigenvalue weighted by Gasteiger charge is -2.02. The van der Waals surface area contributed by atoms with Crippen LogP contribution in [0.3, 0.4) is 0 Å². The summed E-state index contributed by atoms with van der Waals surface area (Å²) in [5.74, 6) is -0.876. The average molecular weight is 216 g/mol. The van der Waals surface area contributed by atoms with Crippen LogP contribution in [0.4, 0.5) is 0 Å². The minimum Gasteiger partial charge on any atom is -0.478 e. The van der Waals surface area contributed by atoms with E-state index in [9.17, 15) is 4.79 Å². The maximum absolute atomic E-state index is 10.9. The molecule has 3 heteroatoms. The second-order valence-corrected chi connectivity index (χ2v) is 3.34. The lowest BCUT2D eigenvalue weighted by Crippen LogP contribution is -1.96. The Morgan fingerprint density at radius 2 is 1.93 bits per heavy atom. The van der Waals surface area contributed by atoms with Gasteiger partial charge >= 0.3 is 5.97 Å². The van der Waals surface area contributed by atoms with Gasteiger partial charge in [0, 0.05) is 0 Å². The van der Waals surface area contributed by atoms with Gasteiger partial charge in [0.25, 0.3) is 0 Å². The van der Waals surface area contributed by atoms with Crippen LogP contribution >= 0.6 is 0 Å². The third-order valence-corrected chi connectivity index (χ3v) is 2.27. The van der Waals surface area contributed by atoms with E-state index in [4.69, 9.17) is 5.11 Å². The van der Waals surface area contributed by atoms with Gasteiger partial charge < -0.3 is 5.11 Å². The molecule has 0 bridgehead atoms. The molecule has 0 saturated carbocycles. The number of benzene rings is 2. The number of carboxylic acid groups (broad SMARTS) is 1. The normalized spacial score (nSPS) is 9.67. The SMILES string of the molecule is Cc1ccc2c(C(=O)O)cccc2c1.[AlH3]. The van der Waals surface area contributed by atoms with Gasteiger partial charge in [-0.3, -0.25) is 0 Å². The molecule has 2 rings (SSSR count). The average Bonchev–Trinajstić information content (AvgIpc) is 2.16. The van der Waals surface area contributed by atoms with E-state index >= 15 is 0 Å². The maximum atomic E-state index is 10.9. The molecule has 0 unspecified atom stereocenters. The zero-order valence-corrected chi connectivity index (χ0v) is 7.82. The molecule has 15 heavy (non-hydrogen) atoms. The van der Waals surface area contributed by atoms with E-state index < -0.39 is 5.97 Å². The summed E-state index contributed by atoms with van der Waals surface area (Å²) in [5.41, 5.74) is 1.50. The first-order valence-electron chi connectivity index (χ1n) is 4.41. The quantitative estimate of drug-likeness (QED) is 0.736. The van der Waals surface area contributed by atoms with E-state index in [0.717, 1.165) is 16.3 Å². The number of fused-ring (bicyclic) bond motifs is 1. The molecule has 0 fully saturated rings. The Morgan fingerprint density at radius 3 is 2.60 bits per heavy atom. The van der Waals surface area contributed by atoms with Crippen LogP contribution in [0.5, 0.6) is 0 Å². The highest BCUT2D eigenvalue weighted by atomic mass is 27.0. The van der Waals surface area contributed by atoms with Gasteiger partial charge in [0.15, 0.2) is 17.4 Å². The molecule has 0 saturated heterocycles. The Hall–Kier alpha value is -1.30. The molecule has 0 atom stereocenters. The van der Waals surface area contributed by atoms with Crippen molar-refractivity contribution in [2.75, 3.05) is 0 Å². The predicted molar refractivity (Wildman–Crippen MR) is 65.6 cm³/mol. The molecule has 2 aromatic rings. The van der Waals surface area contributed by atoms with Gasteiger partial charge in [-0.05, 0) is 23.8 Å². The number of aromatic carboxylic acids is 1. The predicted octanol–water partition coefficient (Wildman–Crippen LogP) is 1.66. The summed E-state index contributed by atoms with van der Waals surface area (Å²) in [6, 6.07) is 11.1. The third kappa shape index (κ3) is 2.20. The van der Waals surface area contributed by atoms with E-state index in [1.807, 2.05) is 31.2 Å². The second-order valence-electron chi connectivity index (χ2n) is 3.34. The number of rotatable bonds is 1. The highest BCUT2D eigenvalue weighted by Gasteiger charge is 2.06. The maximum Gasteiger partial charge on any atom is 0.336 e. The monoisotopic (exact) mass is 216 g/mol. The van der Waals surface area contributed by atoms with E-state index in [1.54, 1.807) is 12.1 Å². The largest absolute Gasteiger partial charge is 0.478 e. The van der Waals surface area contributed by atoms with Crippen molar-refractivity contribution in [3.05, 3.63) is 47.5 Å². The van der Waals surface area contributed by atoms with Gasteiger partial charge in [-0.25, -0.2) is 4.79 Å². The fourth-order valence-corrected chi connectivity index (χ4v) is 1.59. The van der Waals surface area contributed by atoms with Crippen molar-refractivity contribution in [3.8, 4) is 0 Å². The van der Waals surface area contributed by atoms with E-state index in [1.165, 1.54) is 0 Å². The second kappa shape index (κ2) is 4.48. The number of hydrogen-bond donors (Lipinski definition) is 1. The van der Waals surface area contributed by atoms with Gasteiger partial charge in [-0.1, -0.05) is 35.9 Å². The number of hydrogen-bond acceptors (Lipinski definition) is 1. The standard InChI is InChI=1S/C12H10O2.Al.3H/c1-8-5-6-10-9(7-8)3-2-4-11(10)12(13)14;;;;/h2-7H,1H3,(H,13,14);;;;. The summed E-state index contributed by atoms with van der Waals surface area (Å²) in [7, 11) is 0. The van der Waals surface area contributed by atoms with Crippen LogP contribution in [0, 0.1) is 6.92 Å². The zero-order chi connectivity index (χ0) is 10.1. The molecule has 76 valence electrons. The smallest absolute Gasteiger partial charge is 0.336 e. The molecule has 0 radical (unpaired) electrons. The van der Waals surface area contributed by atoms with Crippen LogP contribution < -0.4 is 0 Å². The van der Waals surface area contributed by atoms with Crippen LogP contribution in [0.15, 0.2) is 36.4 Å². The van der Waals surface area contributed by atoms with Crippen molar-refractivity contribution < 1.29 is 9.90 Å². The first kappa shape index (κ1) is 11.8. The van der Waals surface area contributed by atoms with Crippen molar-refractivity contribution in [3.63, 3.8) is 0 Å². The van der Waals surface area contributed by atoms with Crippen LogP contribution in [0.25, 0.3) is 10.8 Å². The molecule has 0 aromatic heterocycles. The van der Waals surface area contributed by atoms with Crippen LogP contribution in [-0.4, -0.2) is 28.4 Å². The van der Waals surface area contributed by atoms with Crippen LogP contribution in [-0.2, 0) is 0 Å². The van der Waals surface area contributed by atoms with Crippen molar-refractivity contribution in [2.24, 2.45) is 0 Å². The highest BCUT2D eigenvalue weighted by molar-refractivity contribution is 6.03. The lowest BCUT2D eigenvalue weighted by molar-refractivity contribution is 0.0699. The van der Waals surface area contributed by atoms with Crippen molar-refractivity contribution in [2.45, 2.75) is 6.92 Å². The number of aryl methyl sites for hydroxylation is 1. The first-order chi connectivity index (χ1) is 6.68. The molecule has 0 heterocycles. The van der Waals surface area contributed by atoms with Crippen molar-refractivity contribution in [1.82, 2.24) is 0 Å². The Morgan fingerprint density at radius 1 is 1.20 bits per heavy atom. The molecular formula is C12H13AlO2. The van der Waals surface area contributed by atoms with Gasteiger partial charge in [0.1, 0.15) is 0 Å². The fourth-order valence-electron chi connectivity index (χ4n) is 1.59. The third-order valence-electron chi connectivity index (χ3n) is 2.27. The zero-order valence-electron chi connectivity index (χ0n) is 7.82. The van der Waals surface area contributed by atoms with Gasteiger partial charge in [0.2, 0.25) is 0 Å². The molecule has 2 nitrogen and oxygen atoms in total. The Kier molecular flexibility index (Phi) is 3.52. The molecule has 2 aromatic carbocycles. The van der Waals surface area contributed by atoms with Crippen LogP contribution in [0.1, 0.15) is 15.9 Å². The number of carbonyl (C=O) groups is 1. The molecule has 0 aliphatic rings. The molecule has 0 spiro atoms. The van der Waals surface area contributed by atoms with E-state index in [2.05, 4.69) is 0 Å². The molecule has 1 N–H and O–H groups in total. The minimum absolute atomic E-state index is 0. The fraction of sp³-hybridized carbons (Fsp3) is 0.0833. The summed E-state index contributed by atoms with van der Waals surface area (Å²) in [5, 5.41) is 10.7. The van der Waals surface area contributed by atoms with Gasteiger partial charge in [-0.15, -0.1) is 0 Å². The highest BCUT2D eigenvalue weighted by Crippen LogP contribution is 2.19. The van der Waals surface area contributed by atoms with Crippen molar-refractivity contribution >= 4 is 34.1 Å². The molecule has 0 aliphatic carbocycles. The summed E-state index contributed by atoms with van der Waals surface area (Å²) < 4.78 is 0. The van der Waals surface area contributed by atoms with Crippen LogP contribution in [0.2, 0.25) is 0 Å². The Balaban J connectivity index is 0.00000112. The topological polar surface area (TPSA) is 37.3 Å². The van der Waals surface area contributed by atoms with E-state index in [0.29, 0.717) is 5.56 Å². The summed E-state index contributed by atoms with van der Waals surface area (Å²) in [6.45, 7) is 1.99. The lowest BCUT2D eigenvalue weighted by atomic mass is 10.0.